The van der Waals surface area contributed by atoms with Crippen molar-refractivity contribution in [2.75, 3.05) is 31.5 Å². The summed E-state index contributed by atoms with van der Waals surface area (Å²) in [7, 11) is -1.14. The van der Waals surface area contributed by atoms with E-state index in [0.29, 0.717) is 29.8 Å². The number of benzene rings is 2. The number of hydrogen-bond donors (Lipinski definition) is 6. The fourth-order valence-electron chi connectivity index (χ4n) is 5.13. The molecule has 0 saturated heterocycles. The van der Waals surface area contributed by atoms with Crippen molar-refractivity contribution in [1.29, 1.82) is 0 Å². The van der Waals surface area contributed by atoms with E-state index in [-0.39, 0.29) is 38.3 Å². The van der Waals surface area contributed by atoms with Crippen molar-refractivity contribution in [3.05, 3.63) is 59.2 Å². The molecule has 4 rings (SSSR count). The van der Waals surface area contributed by atoms with Crippen LogP contribution in [0.3, 0.4) is 0 Å². The average molecular weight is 604 g/mol. The second kappa shape index (κ2) is 13.4. The Labute approximate surface area is 247 Å². The molecule has 2 aliphatic rings. The number of anilines is 1. The number of hydrogen-bond acceptors (Lipinski definition) is 8. The first-order chi connectivity index (χ1) is 20.4. The van der Waals surface area contributed by atoms with Crippen molar-refractivity contribution < 1.29 is 37.2 Å². The lowest BCUT2D eigenvalue weighted by Crippen LogP contribution is -2.51. The van der Waals surface area contributed by atoms with E-state index >= 15 is 0 Å². The van der Waals surface area contributed by atoms with Crippen molar-refractivity contribution in [1.82, 2.24) is 10.2 Å². The Hall–Kier alpha value is -3.50. The van der Waals surface area contributed by atoms with E-state index in [1.54, 1.807) is 18.2 Å². The summed E-state index contributed by atoms with van der Waals surface area (Å²) >= 11 is 0. The van der Waals surface area contributed by atoms with Gasteiger partial charge in [-0.2, -0.15) is 13.2 Å². The molecule has 0 radical (unpaired) electrons. The summed E-state index contributed by atoms with van der Waals surface area (Å²) in [4.78, 5) is 40.4. The number of nitrogens with two attached hydrogens (primary N) is 3. The lowest BCUT2D eigenvalue weighted by atomic mass is 9.79. The van der Waals surface area contributed by atoms with Gasteiger partial charge in [-0.1, -0.05) is 18.2 Å². The predicted molar refractivity (Wildman–Crippen MR) is 154 cm³/mol. The smallest absolute Gasteiger partial charge is 0.423 e. The van der Waals surface area contributed by atoms with Gasteiger partial charge in [0.05, 0.1) is 17.2 Å². The standard InChI is InChI=1S/C28H36BF3N6O5/c30-28(31,32)18-3-1-17(2-4-18)15-23(37-25(40)22(35)7-8-24(39)38(13-11-33)14-12-34)26(41)36-19-5-6-20-21(16-19)29(42)43-27(20)9-10-27/h1-6,16,22-23,42H,7-15,33-35H2,(H,36,41)(H,37,40)/t22-,23+/m0/s1. The summed E-state index contributed by atoms with van der Waals surface area (Å²) in [6, 6.07) is 6.90. The van der Waals surface area contributed by atoms with Crippen LogP contribution in [0.15, 0.2) is 42.5 Å². The highest BCUT2D eigenvalue weighted by molar-refractivity contribution is 6.62. The molecule has 2 aromatic rings. The van der Waals surface area contributed by atoms with E-state index in [9.17, 15) is 32.6 Å². The average Bonchev–Trinajstić information content (AvgIpc) is 3.69. The van der Waals surface area contributed by atoms with Crippen LogP contribution in [0.5, 0.6) is 0 Å². The summed E-state index contributed by atoms with van der Waals surface area (Å²) in [6.45, 7) is 1.10. The molecule has 1 spiro atoms. The monoisotopic (exact) mass is 604 g/mol. The van der Waals surface area contributed by atoms with Crippen LogP contribution >= 0.6 is 0 Å². The number of carbonyl (C=O) groups excluding carboxylic acids is 3. The van der Waals surface area contributed by atoms with Crippen molar-refractivity contribution in [3.63, 3.8) is 0 Å². The van der Waals surface area contributed by atoms with E-state index in [1.165, 1.54) is 17.0 Å². The molecule has 2 atom stereocenters. The molecule has 1 aliphatic heterocycles. The normalized spacial score (nSPS) is 16.4. The van der Waals surface area contributed by atoms with Crippen LogP contribution in [-0.4, -0.2) is 73.0 Å². The highest BCUT2D eigenvalue weighted by Crippen LogP contribution is 2.51. The fourth-order valence-corrected chi connectivity index (χ4v) is 5.13. The first-order valence-electron chi connectivity index (χ1n) is 14.1. The predicted octanol–water partition coefficient (Wildman–Crippen LogP) is -0.0683. The molecule has 1 saturated carbocycles. The Bertz CT molecular complexity index is 1320. The number of alkyl halides is 3. The van der Waals surface area contributed by atoms with E-state index in [2.05, 4.69) is 10.6 Å². The summed E-state index contributed by atoms with van der Waals surface area (Å²) in [5.74, 6) is -1.63. The number of fused-ring (bicyclic) bond motifs is 2. The first kappa shape index (κ1) is 32.4. The molecule has 0 aromatic heterocycles. The second-order valence-electron chi connectivity index (χ2n) is 10.8. The fraction of sp³-hybridized carbons (Fsp3) is 0.464. The topological polar surface area (TPSA) is 186 Å². The maximum atomic E-state index is 13.4. The molecule has 3 amide bonds. The Balaban J connectivity index is 1.46. The third-order valence-electron chi connectivity index (χ3n) is 7.63. The van der Waals surface area contributed by atoms with E-state index < -0.39 is 48.4 Å². The van der Waals surface area contributed by atoms with Gasteiger partial charge in [0.15, 0.2) is 0 Å². The summed E-state index contributed by atoms with van der Waals surface area (Å²) < 4.78 is 44.8. The Morgan fingerprint density at radius 3 is 2.28 bits per heavy atom. The van der Waals surface area contributed by atoms with E-state index in [1.807, 2.05) is 0 Å². The third kappa shape index (κ3) is 7.92. The first-order valence-corrected chi connectivity index (χ1v) is 14.1. The van der Waals surface area contributed by atoms with Crippen molar-refractivity contribution >= 4 is 36.0 Å². The van der Waals surface area contributed by atoms with Crippen molar-refractivity contribution in [3.8, 4) is 0 Å². The number of nitrogens with one attached hydrogen (secondary N) is 2. The highest BCUT2D eigenvalue weighted by atomic mass is 19.4. The second-order valence-corrected chi connectivity index (χ2v) is 10.8. The summed E-state index contributed by atoms with van der Waals surface area (Å²) in [5, 5.41) is 15.6. The van der Waals surface area contributed by atoms with Gasteiger partial charge >= 0.3 is 13.3 Å². The van der Waals surface area contributed by atoms with Crippen LogP contribution in [0.25, 0.3) is 0 Å². The SMILES string of the molecule is NCCN(CCN)C(=O)CC[C@H](N)C(=O)N[C@H](Cc1ccc(C(F)(F)F)cc1)C(=O)Nc1ccc2c(c1)B(O)OC21CC1. The van der Waals surface area contributed by atoms with Gasteiger partial charge in [0.25, 0.3) is 0 Å². The third-order valence-corrected chi connectivity index (χ3v) is 7.63. The number of amides is 3. The minimum atomic E-state index is -4.53. The molecule has 1 aliphatic carbocycles. The minimum absolute atomic E-state index is 0.0185. The largest absolute Gasteiger partial charge is 0.492 e. The van der Waals surface area contributed by atoms with Crippen LogP contribution in [0.2, 0.25) is 0 Å². The molecule has 9 N–H and O–H groups in total. The summed E-state index contributed by atoms with van der Waals surface area (Å²) in [5.41, 5.74) is 17.9. The van der Waals surface area contributed by atoms with E-state index in [0.717, 1.165) is 30.5 Å². The molecule has 11 nitrogen and oxygen atoms in total. The van der Waals surface area contributed by atoms with Crippen LogP contribution in [0, 0.1) is 0 Å². The van der Waals surface area contributed by atoms with Crippen LogP contribution in [-0.2, 0) is 37.2 Å². The Morgan fingerprint density at radius 1 is 1.05 bits per heavy atom. The summed E-state index contributed by atoms with van der Waals surface area (Å²) in [6.07, 6.45) is -3.16. The van der Waals surface area contributed by atoms with Gasteiger partial charge in [-0.3, -0.25) is 14.4 Å². The van der Waals surface area contributed by atoms with Crippen LogP contribution in [0.1, 0.15) is 42.4 Å². The van der Waals surface area contributed by atoms with Gasteiger partial charge in [-0.05, 0) is 60.1 Å². The highest BCUT2D eigenvalue weighted by Gasteiger charge is 2.55. The van der Waals surface area contributed by atoms with Crippen molar-refractivity contribution in [2.45, 2.75) is 56.0 Å². The molecule has 0 bridgehead atoms. The molecular formula is C28H36BF3N6O5. The van der Waals surface area contributed by atoms with Gasteiger partial charge in [-0.25, -0.2) is 0 Å². The van der Waals surface area contributed by atoms with Gasteiger partial charge < -0.3 is 42.4 Å². The van der Waals surface area contributed by atoms with E-state index in [4.69, 9.17) is 21.9 Å². The molecule has 1 heterocycles. The van der Waals surface area contributed by atoms with Gasteiger partial charge in [0.1, 0.15) is 6.04 Å². The Morgan fingerprint density at radius 2 is 1.70 bits per heavy atom. The number of carbonyl (C=O) groups is 3. The Kier molecular flexibility index (Phi) is 10.1. The lowest BCUT2D eigenvalue weighted by Gasteiger charge is -2.23. The van der Waals surface area contributed by atoms with Crippen LogP contribution in [0.4, 0.5) is 18.9 Å². The van der Waals surface area contributed by atoms with Crippen LogP contribution < -0.4 is 33.3 Å². The molecule has 43 heavy (non-hydrogen) atoms. The molecule has 232 valence electrons. The minimum Gasteiger partial charge on any atom is -0.423 e. The van der Waals surface area contributed by atoms with Gasteiger partial charge in [0, 0.05) is 44.7 Å². The zero-order valence-electron chi connectivity index (χ0n) is 23.5. The maximum Gasteiger partial charge on any atom is 0.492 e. The van der Waals surface area contributed by atoms with Gasteiger partial charge in [-0.15, -0.1) is 0 Å². The number of rotatable bonds is 13. The molecule has 0 unspecified atom stereocenters. The maximum absolute atomic E-state index is 13.4. The number of halogens is 3. The zero-order chi connectivity index (χ0) is 31.4. The molecular weight excluding hydrogens is 568 g/mol. The van der Waals surface area contributed by atoms with Crippen molar-refractivity contribution in [2.24, 2.45) is 17.2 Å². The molecule has 1 fully saturated rings. The zero-order valence-corrected chi connectivity index (χ0v) is 23.5. The molecule has 15 heteroatoms. The number of nitrogens with zero attached hydrogens (tertiary/aromatic N) is 1. The molecule has 2 aromatic carbocycles. The van der Waals surface area contributed by atoms with Gasteiger partial charge in [0.2, 0.25) is 17.7 Å². The lowest BCUT2D eigenvalue weighted by molar-refractivity contribution is -0.137. The quantitative estimate of drug-likeness (QED) is 0.172.